The van der Waals surface area contributed by atoms with E-state index in [-0.39, 0.29) is 4.90 Å². The van der Waals surface area contributed by atoms with Gasteiger partial charge in [0, 0.05) is 47.0 Å². The van der Waals surface area contributed by atoms with E-state index in [0.29, 0.717) is 11.4 Å². The molecule has 0 aliphatic rings. The number of fused-ring (bicyclic) bond motifs is 2. The Kier molecular flexibility index (Phi) is 6.12. The Morgan fingerprint density at radius 3 is 1.85 bits per heavy atom. The molecule has 6 rings (SSSR count). The van der Waals surface area contributed by atoms with Crippen molar-refractivity contribution in [1.29, 1.82) is 0 Å². The van der Waals surface area contributed by atoms with Crippen LogP contribution in [-0.2, 0) is 10.0 Å². The topological polar surface area (TPSA) is 56.4 Å². The van der Waals surface area contributed by atoms with Crippen molar-refractivity contribution >= 4 is 48.8 Å². The van der Waals surface area contributed by atoms with Gasteiger partial charge in [-0.25, -0.2) is 12.7 Å². The number of hydrogen-bond donors (Lipinski definition) is 1. The first-order valence-electron chi connectivity index (χ1n) is 12.8. The fourth-order valence-electron chi connectivity index (χ4n) is 5.17. The normalized spacial score (nSPS) is 11.7. The summed E-state index contributed by atoms with van der Waals surface area (Å²) in [4.78, 5) is 5.81. The quantitative estimate of drug-likeness (QED) is 0.238. The first-order valence-corrected chi connectivity index (χ1v) is 14.3. The van der Waals surface area contributed by atoms with Gasteiger partial charge in [0.15, 0.2) is 0 Å². The van der Waals surface area contributed by atoms with E-state index in [1.165, 1.54) is 4.31 Å². The lowest BCUT2D eigenvalue weighted by atomic mass is 10.0. The Morgan fingerprint density at radius 1 is 0.615 bits per heavy atom. The molecule has 1 aromatic heterocycles. The molecule has 1 N–H and O–H groups in total. The van der Waals surface area contributed by atoms with Gasteiger partial charge in [-0.1, -0.05) is 90.5 Å². The van der Waals surface area contributed by atoms with Crippen molar-refractivity contribution in [2.75, 3.05) is 23.3 Å². The van der Waals surface area contributed by atoms with Crippen LogP contribution in [0.3, 0.4) is 0 Å². The summed E-state index contributed by atoms with van der Waals surface area (Å²) in [6.45, 7) is 1.95. The number of hydrogen-bond acceptors (Lipinski definition) is 3. The van der Waals surface area contributed by atoms with Crippen LogP contribution >= 0.6 is 0 Å². The lowest BCUT2D eigenvalue weighted by Gasteiger charge is -2.28. The Balaban J connectivity index is 1.75. The van der Waals surface area contributed by atoms with Gasteiger partial charge < -0.3 is 9.88 Å². The molecule has 0 unspecified atom stereocenters. The van der Waals surface area contributed by atoms with E-state index < -0.39 is 10.0 Å². The molecule has 0 atom stereocenters. The molecule has 6 aromatic rings. The van der Waals surface area contributed by atoms with E-state index >= 15 is 0 Å². The second kappa shape index (κ2) is 9.64. The Morgan fingerprint density at radius 2 is 1.18 bits per heavy atom. The summed E-state index contributed by atoms with van der Waals surface area (Å²) in [5.74, 6) is 0. The molecule has 1 heterocycles. The number of aromatic amines is 1. The Hall–Kier alpha value is -4.55. The highest BCUT2D eigenvalue weighted by atomic mass is 32.2. The minimum Gasteiger partial charge on any atom is -0.377 e. The molecule has 0 aliphatic carbocycles. The number of aromatic nitrogens is 1. The summed E-state index contributed by atoms with van der Waals surface area (Å²) in [7, 11) is -0.0497. The van der Waals surface area contributed by atoms with Crippen LogP contribution in [0.15, 0.2) is 120 Å². The van der Waals surface area contributed by atoms with Crippen molar-refractivity contribution in [2.45, 2.75) is 11.8 Å². The third kappa shape index (κ3) is 4.23. The number of nitrogens with one attached hydrogen (secondary N) is 1. The first-order chi connectivity index (χ1) is 18.9. The molecule has 0 saturated carbocycles. The molecule has 5 aromatic carbocycles. The molecule has 0 bridgehead atoms. The number of nitrogens with zero attached hydrogens (tertiary/aromatic N) is 2. The summed E-state index contributed by atoms with van der Waals surface area (Å²) < 4.78 is 31.0. The molecule has 39 heavy (non-hydrogen) atoms. The zero-order valence-corrected chi connectivity index (χ0v) is 22.9. The van der Waals surface area contributed by atoms with Gasteiger partial charge in [-0.05, 0) is 37.3 Å². The zero-order valence-electron chi connectivity index (χ0n) is 22.1. The van der Waals surface area contributed by atoms with Crippen molar-refractivity contribution in [3.63, 3.8) is 0 Å². The maximum atomic E-state index is 14.7. The Labute approximate surface area is 229 Å². The van der Waals surface area contributed by atoms with Crippen LogP contribution in [0.1, 0.15) is 5.56 Å². The highest BCUT2D eigenvalue weighted by Gasteiger charge is 2.33. The summed E-state index contributed by atoms with van der Waals surface area (Å²) in [6, 6.07) is 36.7. The summed E-state index contributed by atoms with van der Waals surface area (Å²) in [6.07, 6.45) is 0. The van der Waals surface area contributed by atoms with Crippen LogP contribution in [0.25, 0.3) is 32.9 Å². The molecule has 0 spiro atoms. The van der Waals surface area contributed by atoms with Gasteiger partial charge >= 0.3 is 0 Å². The minimum absolute atomic E-state index is 0.234. The SMILES string of the molecule is Cc1ccc(S(=O)(=O)N(c2c(-c3ccccc3)[nH]c3ccccc23)c2ccc(N(C)C)c3ccccc23)cc1. The van der Waals surface area contributed by atoms with Gasteiger partial charge in [-0.3, -0.25) is 0 Å². The lowest BCUT2D eigenvalue weighted by Crippen LogP contribution is -2.27. The highest BCUT2D eigenvalue weighted by molar-refractivity contribution is 7.93. The average Bonchev–Trinajstić information content (AvgIpc) is 3.33. The number of sulfonamides is 1. The Bertz CT molecular complexity index is 1910. The largest absolute Gasteiger partial charge is 0.377 e. The van der Waals surface area contributed by atoms with E-state index in [1.807, 2.05) is 129 Å². The highest BCUT2D eigenvalue weighted by Crippen LogP contribution is 2.46. The van der Waals surface area contributed by atoms with Crippen molar-refractivity contribution in [2.24, 2.45) is 0 Å². The summed E-state index contributed by atoms with van der Waals surface area (Å²) >= 11 is 0. The molecule has 6 heteroatoms. The molecule has 0 fully saturated rings. The van der Waals surface area contributed by atoms with Crippen LogP contribution in [-0.4, -0.2) is 27.5 Å². The standard InChI is InChI=1S/C33H29N3O2S/c1-23-17-19-25(20-18-23)39(37,38)36(31-22-21-30(35(2)3)26-13-7-8-14-27(26)31)33-28-15-9-10-16-29(28)34-32(33)24-11-5-4-6-12-24/h4-22,34H,1-3H3. The van der Waals surface area contributed by atoms with E-state index in [0.717, 1.165) is 44.2 Å². The van der Waals surface area contributed by atoms with E-state index in [9.17, 15) is 8.42 Å². The van der Waals surface area contributed by atoms with Gasteiger partial charge in [0.25, 0.3) is 10.0 Å². The molecule has 0 radical (unpaired) electrons. The van der Waals surface area contributed by atoms with Crippen molar-refractivity contribution < 1.29 is 8.42 Å². The number of H-pyrrole nitrogens is 1. The van der Waals surface area contributed by atoms with E-state index in [2.05, 4.69) is 4.98 Å². The van der Waals surface area contributed by atoms with Gasteiger partial charge in [-0.15, -0.1) is 0 Å². The molecule has 0 aliphatic heterocycles. The lowest BCUT2D eigenvalue weighted by molar-refractivity contribution is 0.596. The third-order valence-corrected chi connectivity index (χ3v) is 8.81. The fourth-order valence-corrected chi connectivity index (χ4v) is 6.71. The molecular weight excluding hydrogens is 502 g/mol. The average molecular weight is 532 g/mol. The van der Waals surface area contributed by atoms with Crippen LogP contribution in [0.2, 0.25) is 0 Å². The van der Waals surface area contributed by atoms with Crippen molar-refractivity contribution in [3.8, 4) is 11.3 Å². The second-order valence-electron chi connectivity index (χ2n) is 9.89. The molecule has 0 amide bonds. The van der Waals surface area contributed by atoms with Gasteiger partial charge in [0.1, 0.15) is 0 Å². The number of aryl methyl sites for hydroxylation is 1. The number of benzene rings is 5. The number of anilines is 3. The molecular formula is C33H29N3O2S. The van der Waals surface area contributed by atoms with Gasteiger partial charge in [0.2, 0.25) is 0 Å². The van der Waals surface area contributed by atoms with Crippen LogP contribution < -0.4 is 9.21 Å². The predicted molar refractivity (Wildman–Crippen MR) is 163 cm³/mol. The zero-order chi connectivity index (χ0) is 27.1. The van der Waals surface area contributed by atoms with Crippen LogP contribution in [0, 0.1) is 6.92 Å². The van der Waals surface area contributed by atoms with Crippen molar-refractivity contribution in [1.82, 2.24) is 4.98 Å². The second-order valence-corrected chi connectivity index (χ2v) is 11.7. The maximum Gasteiger partial charge on any atom is 0.268 e. The summed E-state index contributed by atoms with van der Waals surface area (Å²) in [5, 5.41) is 2.65. The molecule has 194 valence electrons. The number of rotatable bonds is 6. The first kappa shape index (κ1) is 24.8. The molecule has 5 nitrogen and oxygen atoms in total. The summed E-state index contributed by atoms with van der Waals surface area (Å²) in [5.41, 5.74) is 5.72. The molecule has 0 saturated heterocycles. The van der Waals surface area contributed by atoms with Crippen molar-refractivity contribution in [3.05, 3.63) is 121 Å². The predicted octanol–water partition coefficient (Wildman–Crippen LogP) is 7.89. The maximum absolute atomic E-state index is 14.7. The number of para-hydroxylation sites is 1. The third-order valence-electron chi connectivity index (χ3n) is 7.08. The van der Waals surface area contributed by atoms with Crippen LogP contribution in [0.5, 0.6) is 0 Å². The van der Waals surface area contributed by atoms with E-state index in [4.69, 9.17) is 0 Å². The monoisotopic (exact) mass is 531 g/mol. The van der Waals surface area contributed by atoms with Gasteiger partial charge in [0.05, 0.1) is 22.0 Å². The van der Waals surface area contributed by atoms with Crippen LogP contribution in [0.4, 0.5) is 17.1 Å². The van der Waals surface area contributed by atoms with Gasteiger partial charge in [-0.2, -0.15) is 0 Å². The van der Waals surface area contributed by atoms with E-state index in [1.54, 1.807) is 12.1 Å². The minimum atomic E-state index is -4.04. The fraction of sp³-hybridized carbons (Fsp3) is 0.0909. The smallest absolute Gasteiger partial charge is 0.268 e.